The van der Waals surface area contributed by atoms with Crippen LogP contribution in [0.25, 0.3) is 11.3 Å². The maximum atomic E-state index is 5.54. The zero-order valence-corrected chi connectivity index (χ0v) is 18.5. The summed E-state index contributed by atoms with van der Waals surface area (Å²) >= 11 is 0. The molecule has 1 aliphatic carbocycles. The van der Waals surface area contributed by atoms with Crippen molar-refractivity contribution < 1.29 is 9.31 Å². The van der Waals surface area contributed by atoms with Crippen LogP contribution in [0.4, 0.5) is 0 Å². The molecule has 0 unspecified atom stereocenters. The first kappa shape index (κ1) is 20.6. The van der Waals surface area contributed by atoms with Gasteiger partial charge in [-0.1, -0.05) is 24.3 Å². The van der Waals surface area contributed by atoms with E-state index in [0.717, 1.165) is 25.2 Å². The van der Waals surface area contributed by atoms with E-state index in [9.17, 15) is 0 Å². The summed E-state index contributed by atoms with van der Waals surface area (Å²) in [5.41, 5.74) is 4.97. The molecule has 3 aliphatic rings. The van der Waals surface area contributed by atoms with Gasteiger partial charge in [0.15, 0.2) is 0 Å². The summed E-state index contributed by atoms with van der Waals surface area (Å²) in [6.07, 6.45) is 5.95. The lowest BCUT2D eigenvalue weighted by atomic mass is 9.90. The fraction of sp³-hybridized carbons (Fsp3) is 0.609. The van der Waals surface area contributed by atoms with Gasteiger partial charge in [-0.2, -0.15) is 0 Å². The van der Waals surface area contributed by atoms with Gasteiger partial charge in [-0.05, 0) is 78.7 Å². The summed E-state index contributed by atoms with van der Waals surface area (Å²) in [6, 6.07) is 9.14. The number of aromatic nitrogens is 2. The first-order valence-electron chi connectivity index (χ1n) is 11.0. The highest BCUT2D eigenvalue weighted by molar-refractivity contribution is 6.43. The standard InChI is InChI=1S/C16H19N3.C7H15BO2/c1-2-7-12-11(5-1)6-3-8-13-15(12)19-16(18-13)14-9-4-10-17-14;1-6(2)7(3,4)10-8(5)9-6/h1-2,5,7,14,17H,3-4,6,8-10H2,(H,18,19);1-5H3/t14-;/m0./s1. The van der Waals surface area contributed by atoms with E-state index in [1.165, 1.54) is 41.8 Å². The molecule has 5 rings (SSSR count). The van der Waals surface area contributed by atoms with E-state index < -0.39 is 0 Å². The fourth-order valence-electron chi connectivity index (χ4n) is 4.48. The predicted octanol–water partition coefficient (Wildman–Crippen LogP) is 4.70. The molecule has 0 spiro atoms. The number of H-pyrrole nitrogens is 1. The van der Waals surface area contributed by atoms with Crippen molar-refractivity contribution in [2.75, 3.05) is 6.54 Å². The Kier molecular flexibility index (Phi) is 5.62. The second-order valence-electron chi connectivity index (χ2n) is 9.43. The van der Waals surface area contributed by atoms with Gasteiger partial charge in [-0.25, -0.2) is 4.98 Å². The van der Waals surface area contributed by atoms with E-state index in [1.807, 2.05) is 6.82 Å². The Morgan fingerprint density at radius 1 is 1.03 bits per heavy atom. The number of aromatic amines is 1. The zero-order valence-electron chi connectivity index (χ0n) is 18.5. The Morgan fingerprint density at radius 3 is 2.38 bits per heavy atom. The third-order valence-corrected chi connectivity index (χ3v) is 6.70. The zero-order chi connectivity index (χ0) is 20.6. The molecule has 0 saturated carbocycles. The number of imidazole rings is 1. The van der Waals surface area contributed by atoms with Crippen LogP contribution in [-0.4, -0.2) is 34.8 Å². The van der Waals surface area contributed by atoms with Gasteiger partial charge in [-0.3, -0.25) is 0 Å². The maximum absolute atomic E-state index is 5.54. The topological polar surface area (TPSA) is 59.2 Å². The number of hydrogen-bond donors (Lipinski definition) is 2. The summed E-state index contributed by atoms with van der Waals surface area (Å²) in [5, 5.41) is 3.53. The molecule has 6 heteroatoms. The molecule has 1 aromatic carbocycles. The lowest BCUT2D eigenvalue weighted by Gasteiger charge is -2.32. The molecule has 2 saturated heterocycles. The second kappa shape index (κ2) is 7.90. The number of nitrogens with one attached hydrogen (secondary N) is 2. The van der Waals surface area contributed by atoms with Crippen molar-refractivity contribution in [3.05, 3.63) is 41.3 Å². The number of nitrogens with zero attached hydrogens (tertiary/aromatic N) is 1. The molecule has 156 valence electrons. The lowest BCUT2D eigenvalue weighted by molar-refractivity contribution is 0.00578. The van der Waals surface area contributed by atoms with Crippen LogP contribution in [-0.2, 0) is 22.2 Å². The van der Waals surface area contributed by atoms with Crippen LogP contribution in [0, 0.1) is 0 Å². The van der Waals surface area contributed by atoms with Crippen LogP contribution in [0.1, 0.15) is 70.1 Å². The van der Waals surface area contributed by atoms with Gasteiger partial charge in [0.2, 0.25) is 0 Å². The summed E-state index contributed by atoms with van der Waals surface area (Å²) in [4.78, 5) is 8.50. The quantitative estimate of drug-likeness (QED) is 0.688. The molecule has 0 amide bonds. The van der Waals surface area contributed by atoms with Crippen molar-refractivity contribution in [1.29, 1.82) is 0 Å². The Morgan fingerprint density at radius 2 is 1.76 bits per heavy atom. The largest absolute Gasteiger partial charge is 0.454 e. The number of rotatable bonds is 1. The van der Waals surface area contributed by atoms with Crippen LogP contribution in [0.5, 0.6) is 0 Å². The summed E-state index contributed by atoms with van der Waals surface area (Å²) in [6.45, 7) is 11.3. The Balaban J connectivity index is 0.000000174. The average molecular weight is 395 g/mol. The van der Waals surface area contributed by atoms with E-state index in [4.69, 9.17) is 14.3 Å². The van der Waals surface area contributed by atoms with E-state index in [2.05, 4.69) is 62.3 Å². The molecule has 2 N–H and O–H groups in total. The second-order valence-corrected chi connectivity index (χ2v) is 9.43. The SMILES string of the molecule is CB1OC(C)(C)C(C)(C)O1.c1ccc2c(c1)CCCc1[nH]c([C@@H]3CCCN3)nc1-2. The van der Waals surface area contributed by atoms with Gasteiger partial charge < -0.3 is 19.6 Å². The molecular formula is C23H34BN3O2. The van der Waals surface area contributed by atoms with Crippen molar-refractivity contribution in [1.82, 2.24) is 15.3 Å². The number of aryl methyl sites for hydroxylation is 2. The normalized spacial score (nSPS) is 24.3. The molecule has 5 nitrogen and oxygen atoms in total. The minimum absolute atomic E-state index is 0.0648. The van der Waals surface area contributed by atoms with Gasteiger partial charge in [0.25, 0.3) is 0 Å². The molecule has 0 bridgehead atoms. The average Bonchev–Trinajstić information content (AvgIpc) is 3.32. The van der Waals surface area contributed by atoms with E-state index in [-0.39, 0.29) is 18.3 Å². The predicted molar refractivity (Wildman–Crippen MR) is 118 cm³/mol. The van der Waals surface area contributed by atoms with Crippen molar-refractivity contribution in [2.24, 2.45) is 0 Å². The van der Waals surface area contributed by atoms with Crippen LogP contribution in [0.2, 0.25) is 6.82 Å². The van der Waals surface area contributed by atoms with Gasteiger partial charge in [0.1, 0.15) is 5.82 Å². The highest BCUT2D eigenvalue weighted by Crippen LogP contribution is 2.36. The molecule has 1 atom stereocenters. The van der Waals surface area contributed by atoms with Crippen LogP contribution in [0.15, 0.2) is 24.3 Å². The van der Waals surface area contributed by atoms with E-state index >= 15 is 0 Å². The number of benzene rings is 1. The summed E-state index contributed by atoms with van der Waals surface area (Å²) < 4.78 is 11.1. The van der Waals surface area contributed by atoms with Crippen molar-refractivity contribution in [3.8, 4) is 11.3 Å². The molecule has 3 heterocycles. The highest BCUT2D eigenvalue weighted by atomic mass is 16.7. The van der Waals surface area contributed by atoms with Gasteiger partial charge in [0, 0.05) is 11.3 Å². The van der Waals surface area contributed by atoms with Crippen molar-refractivity contribution in [2.45, 2.75) is 83.9 Å². The summed E-state index contributed by atoms with van der Waals surface area (Å²) in [5.74, 6) is 1.14. The van der Waals surface area contributed by atoms with Crippen molar-refractivity contribution in [3.63, 3.8) is 0 Å². The minimum Gasteiger partial charge on any atom is -0.403 e. The van der Waals surface area contributed by atoms with E-state index in [0.29, 0.717) is 6.04 Å². The smallest absolute Gasteiger partial charge is 0.403 e. The molecule has 1 aromatic heterocycles. The third-order valence-electron chi connectivity index (χ3n) is 6.70. The first-order valence-corrected chi connectivity index (χ1v) is 11.0. The Hall–Kier alpha value is -1.63. The molecule has 0 radical (unpaired) electrons. The third kappa shape index (κ3) is 4.16. The first-order chi connectivity index (χ1) is 13.8. The maximum Gasteiger partial charge on any atom is 0.454 e. The van der Waals surface area contributed by atoms with Crippen LogP contribution < -0.4 is 5.32 Å². The molecule has 2 aromatic rings. The fourth-order valence-corrected chi connectivity index (χ4v) is 4.48. The van der Waals surface area contributed by atoms with Gasteiger partial charge in [-0.15, -0.1) is 0 Å². The highest BCUT2D eigenvalue weighted by Gasteiger charge is 2.48. The Labute approximate surface area is 175 Å². The van der Waals surface area contributed by atoms with Crippen molar-refractivity contribution >= 4 is 7.12 Å². The van der Waals surface area contributed by atoms with E-state index in [1.54, 1.807) is 0 Å². The monoisotopic (exact) mass is 395 g/mol. The summed E-state index contributed by atoms with van der Waals surface area (Å²) in [7, 11) is -0.0648. The van der Waals surface area contributed by atoms with Gasteiger partial charge in [0.05, 0.1) is 22.9 Å². The Bertz CT molecular complexity index is 840. The number of hydrogen-bond acceptors (Lipinski definition) is 4. The van der Waals surface area contributed by atoms with Gasteiger partial charge >= 0.3 is 7.12 Å². The lowest BCUT2D eigenvalue weighted by Crippen LogP contribution is -2.41. The van der Waals surface area contributed by atoms with Crippen LogP contribution >= 0.6 is 0 Å². The minimum atomic E-state index is -0.160. The molecule has 2 aliphatic heterocycles. The molecule has 2 fully saturated rings. The molecular weight excluding hydrogens is 361 g/mol. The van der Waals surface area contributed by atoms with Crippen LogP contribution in [0.3, 0.4) is 0 Å². The molecule has 29 heavy (non-hydrogen) atoms. The number of fused-ring (bicyclic) bond motifs is 3.